The Labute approximate surface area is 89.3 Å². The molecule has 1 aliphatic rings. The first-order valence-corrected chi connectivity index (χ1v) is 4.96. The van der Waals surface area contributed by atoms with Crippen LogP contribution in [0.2, 0.25) is 0 Å². The topological polar surface area (TPSA) is 38.2 Å². The van der Waals surface area contributed by atoms with Gasteiger partial charge in [-0.2, -0.15) is 0 Å². The highest BCUT2D eigenvalue weighted by Gasteiger charge is 2.10. The van der Waals surface area contributed by atoms with E-state index < -0.39 is 0 Å². The van der Waals surface area contributed by atoms with Gasteiger partial charge < -0.3 is 4.74 Å². The predicted octanol–water partition coefficient (Wildman–Crippen LogP) is 0.290. The summed E-state index contributed by atoms with van der Waals surface area (Å²) in [4.78, 5) is 10.4. The second-order valence-electron chi connectivity index (χ2n) is 3.45. The highest BCUT2D eigenvalue weighted by Crippen LogP contribution is 2.04. The van der Waals surface area contributed by atoms with Crippen LogP contribution in [0.15, 0.2) is 12.4 Å². The van der Waals surface area contributed by atoms with E-state index in [1.54, 1.807) is 12.4 Å². The third-order valence-corrected chi connectivity index (χ3v) is 2.34. The van der Waals surface area contributed by atoms with Gasteiger partial charge >= 0.3 is 0 Å². The first-order valence-electron chi connectivity index (χ1n) is 4.96. The minimum absolute atomic E-state index is 0.445. The number of ether oxygens (including phenoxy) is 1. The Morgan fingerprint density at radius 3 is 2.60 bits per heavy atom. The summed E-state index contributed by atoms with van der Waals surface area (Å²) in [5.74, 6) is 2.85. The molecule has 0 N–H and O–H groups in total. The molecule has 1 fully saturated rings. The summed E-state index contributed by atoms with van der Waals surface area (Å²) in [6.07, 6.45) is 8.76. The first-order chi connectivity index (χ1) is 7.38. The zero-order valence-corrected chi connectivity index (χ0v) is 8.52. The van der Waals surface area contributed by atoms with Crippen LogP contribution in [0.1, 0.15) is 11.4 Å². The van der Waals surface area contributed by atoms with E-state index in [-0.39, 0.29) is 0 Å². The zero-order valence-electron chi connectivity index (χ0n) is 8.52. The molecule has 0 saturated carbocycles. The fourth-order valence-corrected chi connectivity index (χ4v) is 1.53. The van der Waals surface area contributed by atoms with Crippen molar-refractivity contribution in [2.45, 2.75) is 6.54 Å². The van der Waals surface area contributed by atoms with Gasteiger partial charge in [-0.15, -0.1) is 6.42 Å². The van der Waals surface area contributed by atoms with E-state index in [9.17, 15) is 0 Å². The van der Waals surface area contributed by atoms with Crippen LogP contribution in [0.25, 0.3) is 0 Å². The number of nitrogens with zero attached hydrogens (tertiary/aromatic N) is 3. The van der Waals surface area contributed by atoms with Gasteiger partial charge in [-0.1, -0.05) is 0 Å². The van der Waals surface area contributed by atoms with Crippen LogP contribution in [0.3, 0.4) is 0 Å². The zero-order chi connectivity index (χ0) is 10.5. The maximum atomic E-state index is 5.27. The summed E-state index contributed by atoms with van der Waals surface area (Å²) in [7, 11) is 0. The molecule has 0 atom stereocenters. The Balaban J connectivity index is 1.95. The van der Waals surface area contributed by atoms with Crippen molar-refractivity contribution in [2.24, 2.45) is 0 Å². The number of hydrogen-bond donors (Lipinski definition) is 0. The smallest absolute Gasteiger partial charge is 0.204 e. The van der Waals surface area contributed by atoms with Crippen molar-refractivity contribution in [2.75, 3.05) is 26.3 Å². The Bertz CT molecular complexity index is 349. The quantitative estimate of drug-likeness (QED) is 0.648. The minimum Gasteiger partial charge on any atom is -0.379 e. The van der Waals surface area contributed by atoms with Crippen molar-refractivity contribution >= 4 is 0 Å². The van der Waals surface area contributed by atoms with Gasteiger partial charge in [-0.05, 0) is 5.92 Å². The van der Waals surface area contributed by atoms with E-state index in [0.29, 0.717) is 5.82 Å². The Morgan fingerprint density at radius 1 is 1.33 bits per heavy atom. The Hall–Kier alpha value is -1.44. The third-order valence-electron chi connectivity index (χ3n) is 2.34. The molecular weight excluding hydrogens is 190 g/mol. The molecule has 2 rings (SSSR count). The van der Waals surface area contributed by atoms with Crippen LogP contribution in [0.5, 0.6) is 0 Å². The van der Waals surface area contributed by atoms with Crippen LogP contribution < -0.4 is 0 Å². The highest BCUT2D eigenvalue weighted by atomic mass is 16.5. The van der Waals surface area contributed by atoms with Gasteiger partial charge in [0.15, 0.2) is 0 Å². The fraction of sp³-hybridized carbons (Fsp3) is 0.455. The van der Waals surface area contributed by atoms with Gasteiger partial charge in [-0.25, -0.2) is 9.97 Å². The molecule has 1 saturated heterocycles. The van der Waals surface area contributed by atoms with E-state index in [1.807, 2.05) is 0 Å². The molecule has 0 bridgehead atoms. The van der Waals surface area contributed by atoms with E-state index in [4.69, 9.17) is 11.2 Å². The number of terminal acetylenes is 1. The molecule has 1 aromatic rings. The van der Waals surface area contributed by atoms with Crippen molar-refractivity contribution in [3.8, 4) is 12.3 Å². The van der Waals surface area contributed by atoms with E-state index >= 15 is 0 Å². The molecule has 0 aromatic carbocycles. The van der Waals surface area contributed by atoms with Crippen molar-refractivity contribution in [3.05, 3.63) is 23.8 Å². The monoisotopic (exact) mass is 203 g/mol. The van der Waals surface area contributed by atoms with Crippen LogP contribution in [-0.2, 0) is 11.3 Å². The maximum Gasteiger partial charge on any atom is 0.204 e. The molecule has 0 unspecified atom stereocenters. The molecule has 4 nitrogen and oxygen atoms in total. The van der Waals surface area contributed by atoms with Crippen LogP contribution in [0, 0.1) is 12.3 Å². The van der Waals surface area contributed by atoms with Gasteiger partial charge in [0.1, 0.15) is 0 Å². The van der Waals surface area contributed by atoms with Crippen LogP contribution in [-0.4, -0.2) is 41.2 Å². The predicted molar refractivity (Wildman–Crippen MR) is 56.1 cm³/mol. The number of morpholine rings is 1. The second-order valence-corrected chi connectivity index (χ2v) is 3.45. The SMILES string of the molecule is C#Cc1ncc(CN2CCOCC2)cn1. The molecule has 1 aromatic heterocycles. The molecule has 2 heterocycles. The van der Waals surface area contributed by atoms with Crippen LogP contribution >= 0.6 is 0 Å². The lowest BCUT2D eigenvalue weighted by Gasteiger charge is -2.26. The number of hydrogen-bond acceptors (Lipinski definition) is 4. The van der Waals surface area contributed by atoms with Gasteiger partial charge in [0.2, 0.25) is 5.82 Å². The summed E-state index contributed by atoms with van der Waals surface area (Å²) in [5.41, 5.74) is 1.09. The average molecular weight is 203 g/mol. The third kappa shape index (κ3) is 2.75. The van der Waals surface area contributed by atoms with Gasteiger partial charge in [0.05, 0.1) is 13.2 Å². The summed E-state index contributed by atoms with van der Waals surface area (Å²) < 4.78 is 5.27. The molecule has 4 heteroatoms. The van der Waals surface area contributed by atoms with Gasteiger partial charge in [0.25, 0.3) is 0 Å². The molecule has 78 valence electrons. The standard InChI is InChI=1S/C11H13N3O/c1-2-11-12-7-10(8-13-11)9-14-3-5-15-6-4-14/h1,7-8H,3-6,9H2. The number of rotatable bonds is 2. The molecule has 15 heavy (non-hydrogen) atoms. The average Bonchev–Trinajstić information content (AvgIpc) is 2.31. The number of aromatic nitrogens is 2. The molecular formula is C11H13N3O. The van der Waals surface area contributed by atoms with Crippen molar-refractivity contribution in [1.82, 2.24) is 14.9 Å². The Morgan fingerprint density at radius 2 is 2.00 bits per heavy atom. The lowest BCUT2D eigenvalue weighted by Crippen LogP contribution is -2.35. The molecule has 0 spiro atoms. The maximum absolute atomic E-state index is 5.27. The van der Waals surface area contributed by atoms with E-state index in [2.05, 4.69) is 20.8 Å². The minimum atomic E-state index is 0.445. The summed E-state index contributed by atoms with van der Waals surface area (Å²) in [6.45, 7) is 4.43. The van der Waals surface area contributed by atoms with Gasteiger partial charge in [0, 0.05) is 37.6 Å². The molecule has 0 aliphatic carbocycles. The van der Waals surface area contributed by atoms with Crippen molar-refractivity contribution < 1.29 is 4.74 Å². The van der Waals surface area contributed by atoms with Crippen molar-refractivity contribution in [3.63, 3.8) is 0 Å². The molecule has 0 radical (unpaired) electrons. The summed E-state index contributed by atoms with van der Waals surface area (Å²) >= 11 is 0. The Kier molecular flexibility index (Phi) is 3.28. The molecule has 1 aliphatic heterocycles. The fourth-order valence-electron chi connectivity index (χ4n) is 1.53. The lowest BCUT2D eigenvalue weighted by atomic mass is 10.3. The largest absolute Gasteiger partial charge is 0.379 e. The second kappa shape index (κ2) is 4.87. The van der Waals surface area contributed by atoms with E-state index in [1.165, 1.54) is 0 Å². The normalized spacial score (nSPS) is 17.3. The summed E-state index contributed by atoms with van der Waals surface area (Å²) in [5, 5.41) is 0. The van der Waals surface area contributed by atoms with Gasteiger partial charge in [-0.3, -0.25) is 4.90 Å². The lowest BCUT2D eigenvalue weighted by molar-refractivity contribution is 0.0341. The highest BCUT2D eigenvalue weighted by molar-refractivity contribution is 5.17. The van der Waals surface area contributed by atoms with E-state index in [0.717, 1.165) is 38.4 Å². The van der Waals surface area contributed by atoms with Crippen LogP contribution in [0.4, 0.5) is 0 Å². The molecule has 0 amide bonds. The van der Waals surface area contributed by atoms with Crippen molar-refractivity contribution in [1.29, 1.82) is 0 Å². The summed E-state index contributed by atoms with van der Waals surface area (Å²) in [6, 6.07) is 0. The first kappa shape index (κ1) is 10.1.